The highest BCUT2D eigenvalue weighted by Gasteiger charge is 2.46. The number of hydrogen-bond acceptors (Lipinski definition) is 17. The largest absolute Gasteiger partial charge is 0.458 e. The Bertz CT molecular complexity index is 4610. The van der Waals surface area contributed by atoms with Gasteiger partial charge in [-0.2, -0.15) is 0 Å². The van der Waals surface area contributed by atoms with Gasteiger partial charge in [-0.3, -0.25) is 38.4 Å². The number of aryl methyl sites for hydroxylation is 1. The van der Waals surface area contributed by atoms with Crippen molar-refractivity contribution < 1.29 is 72.0 Å². The van der Waals surface area contributed by atoms with Crippen LogP contribution in [0.1, 0.15) is 124 Å². The van der Waals surface area contributed by atoms with Crippen LogP contribution in [0.15, 0.2) is 132 Å². The first-order valence-corrected chi connectivity index (χ1v) is 35.2. The average molecular weight is 1450 g/mol. The normalized spacial score (nSPS) is 14.7. The molecule has 5 heterocycles. The maximum Gasteiger partial charge on any atom is 0.415 e. The minimum atomic E-state index is -1.96. The number of nitrogens with one attached hydrogen (secondary N) is 6. The Balaban J connectivity index is 0.604. The third-order valence-electron chi connectivity index (χ3n) is 18.8. The van der Waals surface area contributed by atoms with Crippen molar-refractivity contribution >= 4 is 93.9 Å². The molecule has 0 spiro atoms. The lowest BCUT2D eigenvalue weighted by molar-refractivity contribution is -0.172. The van der Waals surface area contributed by atoms with Gasteiger partial charge in [0.2, 0.25) is 41.4 Å². The molecule has 10 rings (SSSR count). The molecule has 0 aliphatic carbocycles. The van der Waals surface area contributed by atoms with Gasteiger partial charge >= 0.3 is 18.2 Å². The number of carbonyl (C=O) groups is 10. The zero-order valence-electron chi connectivity index (χ0n) is 60.7. The Morgan fingerprint density at radius 2 is 1.37 bits per heavy atom. The summed E-state index contributed by atoms with van der Waals surface area (Å²) in [5.74, 6) is -4.16. The van der Waals surface area contributed by atoms with Crippen LogP contribution in [0.3, 0.4) is 0 Å². The molecule has 0 saturated carbocycles. The lowest BCUT2D eigenvalue weighted by Crippen LogP contribution is -2.52. The fourth-order valence-electron chi connectivity index (χ4n) is 12.7. The van der Waals surface area contributed by atoms with Crippen LogP contribution < -0.4 is 47.1 Å². The van der Waals surface area contributed by atoms with Gasteiger partial charge < -0.3 is 75.2 Å². The number of ether oxygens (including phenoxy) is 4. The quantitative estimate of drug-likeness (QED) is 0.0226. The van der Waals surface area contributed by atoms with Crippen LogP contribution in [-0.2, 0) is 97.3 Å². The fraction of sp³-hybridized carbons (Fsp3) is 0.367. The van der Waals surface area contributed by atoms with E-state index in [9.17, 15) is 57.8 Å². The van der Waals surface area contributed by atoms with Crippen molar-refractivity contribution in [2.24, 2.45) is 0 Å². The molecule has 0 fully saturated rings. The number of aliphatic hydroxyl groups is 1. The molecule has 9 amide bonds. The van der Waals surface area contributed by atoms with Crippen LogP contribution in [0.4, 0.5) is 21.0 Å². The molecule has 3 aliphatic heterocycles. The van der Waals surface area contributed by atoms with E-state index in [1.165, 1.54) is 23.9 Å². The zero-order chi connectivity index (χ0) is 76.0. The number of anilines is 2. The molecule has 0 bridgehead atoms. The summed E-state index contributed by atoms with van der Waals surface area (Å²) in [6.07, 6.45) is 3.54. The number of benzene rings is 5. The molecule has 27 nitrogen and oxygen atoms in total. The highest BCUT2D eigenvalue weighted by atomic mass is 16.6. The number of rotatable bonds is 29. The van der Waals surface area contributed by atoms with Crippen molar-refractivity contribution in [2.45, 2.75) is 136 Å². The Morgan fingerprint density at radius 3 is 2.10 bits per heavy atom. The maximum atomic E-state index is 13.8. The minimum Gasteiger partial charge on any atom is -0.458 e. The van der Waals surface area contributed by atoms with Gasteiger partial charge in [0.25, 0.3) is 5.56 Å². The summed E-state index contributed by atoms with van der Waals surface area (Å²) in [6.45, 7) is 9.85. The lowest BCUT2D eigenvalue weighted by Gasteiger charge is -2.31. The van der Waals surface area contributed by atoms with Crippen molar-refractivity contribution in [3.63, 3.8) is 0 Å². The third-order valence-corrected chi connectivity index (χ3v) is 18.8. The topological polar surface area (TPSA) is 345 Å². The van der Waals surface area contributed by atoms with E-state index >= 15 is 0 Å². The van der Waals surface area contributed by atoms with Gasteiger partial charge in [0.15, 0.2) is 5.60 Å². The number of esters is 1. The predicted octanol–water partition coefficient (Wildman–Crippen LogP) is 7.32. The number of amides is 9. The van der Waals surface area contributed by atoms with Gasteiger partial charge in [-0.25, -0.2) is 19.4 Å². The maximum absolute atomic E-state index is 13.8. The van der Waals surface area contributed by atoms with E-state index in [0.717, 1.165) is 38.9 Å². The third kappa shape index (κ3) is 19.2. The number of likely N-dealkylation sites (N-methyl/N-ethyl adjacent to an activating group) is 2. The lowest BCUT2D eigenvalue weighted by atomic mass is 9.86. The second kappa shape index (κ2) is 33.9. The van der Waals surface area contributed by atoms with E-state index in [-0.39, 0.29) is 106 Å². The number of aromatic nitrogens is 2. The van der Waals surface area contributed by atoms with Crippen molar-refractivity contribution in [1.82, 2.24) is 45.9 Å². The number of carbonyl (C=O) groups excluding carboxylic acids is 10. The number of nitrogens with zero attached hydrogens (tertiary/aromatic N) is 5. The summed E-state index contributed by atoms with van der Waals surface area (Å²) >= 11 is 0. The molecule has 0 unspecified atom stereocenters. The predicted molar refractivity (Wildman–Crippen MR) is 395 cm³/mol. The Morgan fingerprint density at radius 1 is 0.698 bits per heavy atom. The molecule has 2 atom stereocenters. The van der Waals surface area contributed by atoms with E-state index in [0.29, 0.717) is 53.1 Å². The van der Waals surface area contributed by atoms with E-state index in [4.69, 9.17) is 23.9 Å². The number of fused-ring (bicyclic) bond motifs is 7. The summed E-state index contributed by atoms with van der Waals surface area (Å²) in [5, 5.41) is 27.9. The molecule has 7 aromatic rings. The van der Waals surface area contributed by atoms with E-state index < -0.39 is 90.1 Å². The number of pyridine rings is 2. The first-order valence-electron chi connectivity index (χ1n) is 35.2. The molecule has 556 valence electrons. The van der Waals surface area contributed by atoms with Crippen LogP contribution in [0.5, 0.6) is 5.75 Å². The smallest absolute Gasteiger partial charge is 0.415 e. The Kier molecular flexibility index (Phi) is 24.6. The van der Waals surface area contributed by atoms with Gasteiger partial charge in [-0.1, -0.05) is 111 Å². The van der Waals surface area contributed by atoms with Crippen molar-refractivity contribution in [1.29, 1.82) is 0 Å². The first-order chi connectivity index (χ1) is 50.6. The summed E-state index contributed by atoms with van der Waals surface area (Å²) in [5.41, 5.74) is 5.11. The second-order valence-corrected chi connectivity index (χ2v) is 27.7. The van der Waals surface area contributed by atoms with Gasteiger partial charge in [0.05, 0.1) is 72.9 Å². The SMILES string of the molecule is CCc1c2c(nc3ccc(OC(=O)N(C)CCN(C)C(=O)OCc4ccc(NC(=O)CNC(=O)[C@H](Cc5ccccc5)NC(=O)CNC(=O)CNC(=O)CC(C)(C)OCCC(C)(C)NC(=O)CCC(=O)N5Cc6ccccc6/C=C\c6ccccc65)cc4)cc13)-c1cc3c(c(=O)n1C2)COC(=O)[C@]3(O)CC. The van der Waals surface area contributed by atoms with Gasteiger partial charge in [-0.05, 0) is 123 Å². The van der Waals surface area contributed by atoms with Crippen LogP contribution in [0, 0.1) is 0 Å². The van der Waals surface area contributed by atoms with E-state index in [1.54, 1.807) is 109 Å². The van der Waals surface area contributed by atoms with E-state index in [1.807, 2.05) is 81.5 Å². The molecule has 7 N–H and O–H groups in total. The van der Waals surface area contributed by atoms with Crippen LogP contribution in [0.2, 0.25) is 0 Å². The first kappa shape index (κ1) is 77.0. The summed E-state index contributed by atoms with van der Waals surface area (Å²) in [4.78, 5) is 155. The van der Waals surface area contributed by atoms with E-state index in [2.05, 4.69) is 31.9 Å². The second-order valence-electron chi connectivity index (χ2n) is 27.7. The van der Waals surface area contributed by atoms with Crippen molar-refractivity contribution in [3.8, 4) is 17.1 Å². The molecular weight excluding hydrogens is 1360 g/mol. The molecule has 106 heavy (non-hydrogen) atoms. The molecule has 0 radical (unpaired) electrons. The standard InChI is InChI=1S/C79H89N11O16/c1-9-56-57-39-55(30-31-61(57)85-71-58(56)46-90-64(71)40-60-59(73(90)98)48-103-74(99)79(60,102)10-2)106-76(101)88(8)36-35-87(7)75(100)104-47-50-24-28-54(29-25-50)83-68(94)44-82-72(97)62(38-49-18-12-11-13-19-49)84-69(95)43-81-67(93)42-80-66(92)41-78(5,6)105-37-34-77(3,4)86-65(91)32-33-70(96)89-45-53-22-15-14-20-51(53)26-27-52-21-16-17-23-63(52)89/h11-31,39-40,62,102H,9-10,32-38,41-48H2,1-8H3,(H,80,92)(H,81,93)(H,82,97)(H,83,94)(H,84,95)(H,86,91)/b27-26-/t62-,79-/m0/s1. The van der Waals surface area contributed by atoms with Crippen molar-refractivity contribution in [2.75, 3.05) is 63.6 Å². The molecular formula is C79H89N11O16. The molecule has 5 aromatic carbocycles. The summed E-state index contributed by atoms with van der Waals surface area (Å²) in [7, 11) is 3.05. The molecule has 27 heteroatoms. The zero-order valence-corrected chi connectivity index (χ0v) is 60.7. The summed E-state index contributed by atoms with van der Waals surface area (Å²) < 4.78 is 24.1. The van der Waals surface area contributed by atoms with Crippen LogP contribution in [-0.4, -0.2) is 155 Å². The van der Waals surface area contributed by atoms with Gasteiger partial charge in [0, 0.05) is 80.8 Å². The monoisotopic (exact) mass is 1450 g/mol. The molecule has 3 aliphatic rings. The highest BCUT2D eigenvalue weighted by molar-refractivity contribution is 5.99. The Labute approximate surface area is 613 Å². The van der Waals surface area contributed by atoms with Crippen LogP contribution in [0.25, 0.3) is 34.4 Å². The Hall–Kier alpha value is -11.6. The molecule has 0 saturated heterocycles. The van der Waals surface area contributed by atoms with Crippen molar-refractivity contribution in [3.05, 3.63) is 188 Å². The molecule has 2 aromatic heterocycles. The minimum absolute atomic E-state index is 0.000154. The van der Waals surface area contributed by atoms with Gasteiger partial charge in [-0.15, -0.1) is 0 Å². The van der Waals surface area contributed by atoms with Crippen LogP contribution >= 0.6 is 0 Å². The number of cyclic esters (lactones) is 1. The number of para-hydroxylation sites is 1. The fourth-order valence-corrected chi connectivity index (χ4v) is 12.7. The highest BCUT2D eigenvalue weighted by Crippen LogP contribution is 2.41. The van der Waals surface area contributed by atoms with Gasteiger partial charge in [0.1, 0.15) is 25.0 Å². The number of hydrogen-bond donors (Lipinski definition) is 7. The average Bonchev–Trinajstić information content (AvgIpc) is 1.37. The summed E-state index contributed by atoms with van der Waals surface area (Å²) in [6, 6.07) is 36.4.